The minimum absolute atomic E-state index is 0.0963. The number of carbonyl (C=O) groups is 3. The molecule has 188 valence electrons. The van der Waals surface area contributed by atoms with Crippen LogP contribution in [0.3, 0.4) is 0 Å². The van der Waals surface area contributed by atoms with Gasteiger partial charge in [0.1, 0.15) is 6.04 Å². The van der Waals surface area contributed by atoms with Gasteiger partial charge in [-0.3, -0.25) is 14.4 Å². The second-order valence-electron chi connectivity index (χ2n) is 9.74. The number of hydrogen-bond donors (Lipinski definition) is 0. The number of ether oxygens (including phenoxy) is 1. The molecule has 0 aliphatic carbocycles. The molecule has 0 saturated carbocycles. The third kappa shape index (κ3) is 5.26. The van der Waals surface area contributed by atoms with Gasteiger partial charge in [-0.2, -0.15) is 0 Å². The first-order valence-electron chi connectivity index (χ1n) is 12.6. The molecule has 0 N–H and O–H groups in total. The summed E-state index contributed by atoms with van der Waals surface area (Å²) in [6.07, 6.45) is 3.78. The van der Waals surface area contributed by atoms with Crippen molar-refractivity contribution in [3.8, 4) is 11.3 Å². The number of rotatable bonds is 5. The summed E-state index contributed by atoms with van der Waals surface area (Å²) in [5, 5.41) is 4.08. The van der Waals surface area contributed by atoms with Crippen LogP contribution in [0.4, 0.5) is 0 Å². The number of esters is 1. The Morgan fingerprint density at radius 1 is 1.03 bits per heavy atom. The van der Waals surface area contributed by atoms with Crippen molar-refractivity contribution in [3.05, 3.63) is 40.6 Å². The fourth-order valence-electron chi connectivity index (χ4n) is 5.48. The fourth-order valence-corrected chi connectivity index (χ4v) is 5.48. The third-order valence-corrected chi connectivity index (χ3v) is 7.05. The molecule has 0 bridgehead atoms. The fraction of sp³-hybridized carbons (Fsp3) is 0.556. The van der Waals surface area contributed by atoms with Crippen LogP contribution in [0, 0.1) is 26.7 Å². The van der Waals surface area contributed by atoms with E-state index in [1.807, 2.05) is 20.8 Å². The average molecular weight is 482 g/mol. The Bertz CT molecular complexity index is 1080. The van der Waals surface area contributed by atoms with Crippen LogP contribution in [0.15, 0.2) is 22.7 Å². The van der Waals surface area contributed by atoms with Crippen LogP contribution in [0.5, 0.6) is 0 Å². The first-order chi connectivity index (χ1) is 16.8. The zero-order chi connectivity index (χ0) is 25.1. The van der Waals surface area contributed by atoms with Gasteiger partial charge in [-0.1, -0.05) is 22.9 Å². The van der Waals surface area contributed by atoms with E-state index in [9.17, 15) is 14.4 Å². The van der Waals surface area contributed by atoms with E-state index in [1.54, 1.807) is 22.8 Å². The lowest BCUT2D eigenvalue weighted by atomic mass is 9.95. The van der Waals surface area contributed by atoms with E-state index < -0.39 is 6.04 Å². The van der Waals surface area contributed by atoms with Crippen molar-refractivity contribution >= 4 is 17.8 Å². The highest BCUT2D eigenvalue weighted by Gasteiger charge is 2.38. The number of piperidine rings is 2. The number of hydrogen-bond acceptors (Lipinski definition) is 6. The molecule has 3 heterocycles. The molecule has 0 spiro atoms. The van der Waals surface area contributed by atoms with Crippen LogP contribution in [0.1, 0.15) is 66.2 Å². The maximum atomic E-state index is 13.5. The molecule has 4 rings (SSSR count). The van der Waals surface area contributed by atoms with Gasteiger partial charge >= 0.3 is 5.97 Å². The molecule has 1 aromatic carbocycles. The number of amides is 2. The largest absolute Gasteiger partial charge is 0.466 e. The molecular weight excluding hydrogens is 446 g/mol. The topological polar surface area (TPSA) is 93.0 Å². The van der Waals surface area contributed by atoms with E-state index in [0.717, 1.165) is 47.9 Å². The van der Waals surface area contributed by atoms with Gasteiger partial charge in [-0.05, 0) is 70.9 Å². The summed E-state index contributed by atoms with van der Waals surface area (Å²) >= 11 is 0. The van der Waals surface area contributed by atoms with Gasteiger partial charge < -0.3 is 19.1 Å². The highest BCUT2D eigenvalue weighted by atomic mass is 16.5. The van der Waals surface area contributed by atoms with Crippen molar-refractivity contribution in [1.29, 1.82) is 0 Å². The van der Waals surface area contributed by atoms with Gasteiger partial charge in [-0.15, -0.1) is 0 Å². The van der Waals surface area contributed by atoms with Crippen molar-refractivity contribution in [1.82, 2.24) is 15.0 Å². The van der Waals surface area contributed by atoms with Crippen LogP contribution >= 0.6 is 0 Å². The van der Waals surface area contributed by atoms with Gasteiger partial charge in [-0.25, -0.2) is 0 Å². The van der Waals surface area contributed by atoms with Crippen LogP contribution in [-0.4, -0.2) is 65.0 Å². The zero-order valence-corrected chi connectivity index (χ0v) is 21.1. The van der Waals surface area contributed by atoms with Crippen molar-refractivity contribution < 1.29 is 23.6 Å². The molecule has 2 aliphatic heterocycles. The highest BCUT2D eigenvalue weighted by molar-refractivity contribution is 5.97. The molecule has 1 aromatic heterocycles. The quantitative estimate of drug-likeness (QED) is 0.598. The second kappa shape index (κ2) is 10.6. The molecule has 2 aromatic rings. The van der Waals surface area contributed by atoms with Crippen molar-refractivity contribution in [2.24, 2.45) is 5.92 Å². The monoisotopic (exact) mass is 481 g/mol. The first-order valence-corrected chi connectivity index (χ1v) is 12.6. The van der Waals surface area contributed by atoms with Gasteiger partial charge in [0.25, 0.3) is 5.91 Å². The Hall–Kier alpha value is -3.16. The molecule has 2 atom stereocenters. The molecule has 8 nitrogen and oxygen atoms in total. The Kier molecular flexibility index (Phi) is 7.57. The SMILES string of the molecule is CCOC(=O)[C@H]1CCCN(C(=O)[C@H]2CCCCN2C(=O)c2cc(-c3c(C)cc(C)cc3C)on2)C1. The van der Waals surface area contributed by atoms with E-state index in [4.69, 9.17) is 9.26 Å². The smallest absolute Gasteiger partial charge is 0.310 e. The predicted molar refractivity (Wildman–Crippen MR) is 131 cm³/mol. The first kappa shape index (κ1) is 24.9. The predicted octanol–water partition coefficient (Wildman–Crippen LogP) is 4.06. The lowest BCUT2D eigenvalue weighted by Crippen LogP contribution is -2.55. The van der Waals surface area contributed by atoms with E-state index in [2.05, 4.69) is 17.3 Å². The van der Waals surface area contributed by atoms with Gasteiger partial charge in [0.15, 0.2) is 11.5 Å². The Labute approximate surface area is 206 Å². The second-order valence-corrected chi connectivity index (χ2v) is 9.74. The van der Waals surface area contributed by atoms with E-state index >= 15 is 0 Å². The van der Waals surface area contributed by atoms with Crippen molar-refractivity contribution in [2.75, 3.05) is 26.2 Å². The van der Waals surface area contributed by atoms with Gasteiger partial charge in [0, 0.05) is 31.3 Å². The highest BCUT2D eigenvalue weighted by Crippen LogP contribution is 2.30. The number of likely N-dealkylation sites (tertiary alicyclic amines) is 2. The maximum Gasteiger partial charge on any atom is 0.310 e. The summed E-state index contributed by atoms with van der Waals surface area (Å²) < 4.78 is 10.8. The van der Waals surface area contributed by atoms with Crippen molar-refractivity contribution in [3.63, 3.8) is 0 Å². The van der Waals surface area contributed by atoms with E-state index in [1.165, 1.54) is 0 Å². The summed E-state index contributed by atoms with van der Waals surface area (Å²) in [5.41, 5.74) is 4.43. The number of nitrogens with zero attached hydrogens (tertiary/aromatic N) is 3. The van der Waals surface area contributed by atoms with Gasteiger partial charge in [0.05, 0.1) is 12.5 Å². The lowest BCUT2D eigenvalue weighted by molar-refractivity contribution is -0.152. The minimum atomic E-state index is -0.555. The molecule has 2 amide bonds. The Morgan fingerprint density at radius 3 is 2.49 bits per heavy atom. The van der Waals surface area contributed by atoms with E-state index in [0.29, 0.717) is 38.4 Å². The van der Waals surface area contributed by atoms with Crippen LogP contribution in [-0.2, 0) is 14.3 Å². The number of benzene rings is 1. The standard InChI is InChI=1S/C27H35N3O5/c1-5-34-27(33)20-9-8-11-29(16-20)26(32)22-10-6-7-12-30(22)25(31)21-15-23(35-28-21)24-18(3)13-17(2)14-19(24)4/h13-15,20,22H,5-12,16H2,1-4H3/t20-,22+/m0/s1. The lowest BCUT2D eigenvalue weighted by Gasteiger charge is -2.39. The summed E-state index contributed by atoms with van der Waals surface area (Å²) in [4.78, 5) is 42.6. The molecule has 2 aliphatic rings. The van der Waals surface area contributed by atoms with E-state index in [-0.39, 0.29) is 29.4 Å². The minimum Gasteiger partial charge on any atom is -0.466 e. The Morgan fingerprint density at radius 2 is 1.77 bits per heavy atom. The number of aromatic nitrogens is 1. The molecule has 2 saturated heterocycles. The number of carbonyl (C=O) groups excluding carboxylic acids is 3. The molecule has 8 heteroatoms. The molecule has 0 unspecified atom stereocenters. The molecule has 35 heavy (non-hydrogen) atoms. The zero-order valence-electron chi connectivity index (χ0n) is 21.1. The van der Waals surface area contributed by atoms with Crippen LogP contribution < -0.4 is 0 Å². The van der Waals surface area contributed by atoms with Crippen LogP contribution in [0.2, 0.25) is 0 Å². The normalized spacial score (nSPS) is 20.6. The average Bonchev–Trinajstić information content (AvgIpc) is 3.32. The van der Waals surface area contributed by atoms with Gasteiger partial charge in [0.2, 0.25) is 5.91 Å². The summed E-state index contributed by atoms with van der Waals surface area (Å²) in [7, 11) is 0. The molecule has 2 fully saturated rings. The molecule has 0 radical (unpaired) electrons. The maximum absolute atomic E-state index is 13.5. The third-order valence-electron chi connectivity index (χ3n) is 7.05. The van der Waals surface area contributed by atoms with Crippen molar-refractivity contribution in [2.45, 2.75) is 65.8 Å². The summed E-state index contributed by atoms with van der Waals surface area (Å²) in [6, 6.07) is 5.28. The van der Waals surface area contributed by atoms with Crippen LogP contribution in [0.25, 0.3) is 11.3 Å². The number of aryl methyl sites for hydroxylation is 3. The summed E-state index contributed by atoms with van der Waals surface area (Å²) in [5.74, 6) is -0.394. The Balaban J connectivity index is 1.52. The molecular formula is C27H35N3O5. The summed E-state index contributed by atoms with van der Waals surface area (Å²) in [6.45, 7) is 9.62.